The van der Waals surface area contributed by atoms with Gasteiger partial charge in [-0.05, 0) is 6.42 Å². The van der Waals surface area contributed by atoms with Crippen LogP contribution in [0.2, 0.25) is 0 Å². The molecule has 0 aromatic rings. The van der Waals surface area contributed by atoms with Crippen LogP contribution in [0.5, 0.6) is 0 Å². The Kier molecular flexibility index (Phi) is 10.1. The van der Waals surface area contributed by atoms with Crippen LogP contribution in [0.4, 0.5) is 0 Å². The maximum atomic E-state index is 11.4. The third kappa shape index (κ3) is 5.93. The number of unbranched alkanes of at least 4 members (excludes halogenated alkanes) is 1. The highest BCUT2D eigenvalue weighted by molar-refractivity contribution is 8.93. The van der Waals surface area contributed by atoms with Crippen molar-refractivity contribution in [2.24, 2.45) is 5.73 Å². The minimum absolute atomic E-state index is 0. The minimum Gasteiger partial charge on any atom is -0.329 e. The Morgan fingerprint density at radius 3 is 2.31 bits per heavy atom. The van der Waals surface area contributed by atoms with E-state index in [0.29, 0.717) is 12.2 Å². The van der Waals surface area contributed by atoms with E-state index in [1.807, 2.05) is 6.92 Å². The Bertz CT molecular complexity index is 203. The summed E-state index contributed by atoms with van der Waals surface area (Å²) in [5.41, 5.74) is 5.31. The summed E-state index contributed by atoms with van der Waals surface area (Å²) in [5.74, 6) is 0.564. The first-order valence-corrected chi connectivity index (χ1v) is 6.45. The highest BCUT2D eigenvalue weighted by atomic mass is 79.9. The second kappa shape index (κ2) is 8.08. The average Bonchev–Trinajstić information content (AvgIpc) is 2.03. The van der Waals surface area contributed by atoms with E-state index in [4.69, 9.17) is 5.73 Å². The summed E-state index contributed by atoms with van der Waals surface area (Å²) in [4.78, 5) is 0. The van der Waals surface area contributed by atoms with Crippen LogP contribution in [0.1, 0.15) is 19.8 Å². The van der Waals surface area contributed by atoms with Crippen LogP contribution >= 0.6 is 29.6 Å². The van der Waals surface area contributed by atoms with Crippen LogP contribution in [0.3, 0.4) is 0 Å². The monoisotopic (exact) mass is 291 g/mol. The quantitative estimate of drug-likeness (QED) is 0.719. The zero-order valence-electron chi connectivity index (χ0n) is 7.77. The van der Waals surface area contributed by atoms with Crippen molar-refractivity contribution in [3.05, 3.63) is 0 Å². The van der Waals surface area contributed by atoms with Crippen molar-refractivity contribution < 1.29 is 8.42 Å². The van der Waals surface area contributed by atoms with Crippen molar-refractivity contribution in [2.45, 2.75) is 25.0 Å². The van der Waals surface area contributed by atoms with Crippen LogP contribution in [0.15, 0.2) is 0 Å². The van der Waals surface area contributed by atoms with E-state index in [2.05, 4.69) is 12.6 Å². The molecule has 0 fully saturated rings. The van der Waals surface area contributed by atoms with Crippen LogP contribution < -0.4 is 5.73 Å². The lowest BCUT2D eigenvalue weighted by atomic mass is 10.4. The van der Waals surface area contributed by atoms with E-state index < -0.39 is 15.1 Å². The van der Waals surface area contributed by atoms with Crippen LogP contribution in [-0.2, 0) is 9.84 Å². The minimum atomic E-state index is -2.99. The Morgan fingerprint density at radius 1 is 1.46 bits per heavy atom. The SMILES string of the molecule is Br.CCCCS(=O)(=O)C(CN)CS. The Morgan fingerprint density at radius 2 is 2.00 bits per heavy atom. The van der Waals surface area contributed by atoms with Gasteiger partial charge in [0.05, 0.1) is 11.0 Å². The van der Waals surface area contributed by atoms with Gasteiger partial charge in [-0.25, -0.2) is 8.42 Å². The molecule has 6 heteroatoms. The molecule has 0 saturated heterocycles. The number of hydrogen-bond acceptors (Lipinski definition) is 4. The number of thiol groups is 1. The van der Waals surface area contributed by atoms with Gasteiger partial charge in [0.2, 0.25) is 0 Å². The molecule has 82 valence electrons. The van der Waals surface area contributed by atoms with Gasteiger partial charge in [-0.15, -0.1) is 17.0 Å². The standard InChI is InChI=1S/C7H17NO2S2.BrH/c1-2-3-4-12(9,10)7(5-8)6-11;/h7,11H,2-6,8H2,1H3;1H. The first-order chi connectivity index (χ1) is 5.58. The summed E-state index contributed by atoms with van der Waals surface area (Å²) in [5, 5.41) is -0.465. The first-order valence-electron chi connectivity index (χ1n) is 4.11. The van der Waals surface area contributed by atoms with Gasteiger partial charge in [0.1, 0.15) is 0 Å². The Labute approximate surface area is 96.6 Å². The van der Waals surface area contributed by atoms with Gasteiger partial charge in [0, 0.05) is 12.3 Å². The summed E-state index contributed by atoms with van der Waals surface area (Å²) in [6.07, 6.45) is 1.61. The molecule has 1 unspecified atom stereocenters. The molecule has 2 N–H and O–H groups in total. The van der Waals surface area contributed by atoms with E-state index in [9.17, 15) is 8.42 Å². The van der Waals surface area contributed by atoms with Crippen LogP contribution in [-0.4, -0.2) is 31.7 Å². The lowest BCUT2D eigenvalue weighted by molar-refractivity contribution is 0.581. The number of nitrogens with two attached hydrogens (primary N) is 1. The summed E-state index contributed by atoms with van der Waals surface area (Å²) in [6.45, 7) is 2.14. The molecule has 0 bridgehead atoms. The fourth-order valence-electron chi connectivity index (χ4n) is 0.847. The number of hydrogen-bond donors (Lipinski definition) is 2. The summed E-state index contributed by atoms with van der Waals surface area (Å²) < 4.78 is 22.8. The predicted octanol–water partition coefficient (Wildman–Crippen LogP) is 1.04. The van der Waals surface area contributed by atoms with Gasteiger partial charge in [-0.2, -0.15) is 12.6 Å². The number of rotatable bonds is 6. The van der Waals surface area contributed by atoms with E-state index in [1.54, 1.807) is 0 Å². The molecule has 13 heavy (non-hydrogen) atoms. The average molecular weight is 292 g/mol. The molecule has 0 saturated carbocycles. The molecular formula is C7H18BrNO2S2. The topological polar surface area (TPSA) is 60.2 Å². The largest absolute Gasteiger partial charge is 0.329 e. The van der Waals surface area contributed by atoms with Gasteiger partial charge in [0.15, 0.2) is 9.84 Å². The first kappa shape index (κ1) is 16.2. The Hall–Kier alpha value is 0.740. The van der Waals surface area contributed by atoms with Gasteiger partial charge < -0.3 is 5.73 Å². The summed E-state index contributed by atoms with van der Waals surface area (Å²) in [6, 6.07) is 0. The maximum absolute atomic E-state index is 11.4. The van der Waals surface area contributed by atoms with Crippen LogP contribution in [0, 0.1) is 0 Å². The Balaban J connectivity index is 0. The molecule has 0 rings (SSSR count). The highest BCUT2D eigenvalue weighted by Crippen LogP contribution is 2.06. The molecule has 0 heterocycles. The maximum Gasteiger partial charge on any atom is 0.155 e. The van der Waals surface area contributed by atoms with Crippen molar-refractivity contribution in [3.8, 4) is 0 Å². The highest BCUT2D eigenvalue weighted by Gasteiger charge is 2.21. The van der Waals surface area contributed by atoms with Crippen molar-refractivity contribution in [3.63, 3.8) is 0 Å². The zero-order chi connectivity index (χ0) is 9.61. The molecule has 0 aromatic heterocycles. The molecular weight excluding hydrogens is 274 g/mol. The fourth-order valence-corrected chi connectivity index (χ4v) is 3.22. The third-order valence-corrected chi connectivity index (χ3v) is 4.68. The fraction of sp³-hybridized carbons (Fsp3) is 1.00. The molecule has 0 aromatic carbocycles. The van der Waals surface area contributed by atoms with E-state index >= 15 is 0 Å². The summed E-state index contributed by atoms with van der Waals surface area (Å²) in [7, 11) is -2.99. The van der Waals surface area contributed by atoms with Crippen molar-refractivity contribution in [2.75, 3.05) is 18.1 Å². The van der Waals surface area contributed by atoms with Gasteiger partial charge >= 0.3 is 0 Å². The van der Waals surface area contributed by atoms with E-state index in [1.165, 1.54) is 0 Å². The van der Waals surface area contributed by atoms with Crippen molar-refractivity contribution in [1.82, 2.24) is 0 Å². The molecule has 3 nitrogen and oxygen atoms in total. The molecule has 0 spiro atoms. The zero-order valence-corrected chi connectivity index (χ0v) is 11.2. The predicted molar refractivity (Wildman–Crippen MR) is 65.7 cm³/mol. The van der Waals surface area contributed by atoms with E-state index in [-0.39, 0.29) is 29.3 Å². The molecule has 0 amide bonds. The molecule has 0 aliphatic rings. The molecule has 1 atom stereocenters. The molecule has 0 radical (unpaired) electrons. The number of halogens is 1. The lowest BCUT2D eigenvalue weighted by Crippen LogP contribution is -2.33. The van der Waals surface area contributed by atoms with Crippen LogP contribution in [0.25, 0.3) is 0 Å². The lowest BCUT2D eigenvalue weighted by Gasteiger charge is -2.12. The van der Waals surface area contributed by atoms with Gasteiger partial charge in [0.25, 0.3) is 0 Å². The second-order valence-electron chi connectivity index (χ2n) is 2.76. The van der Waals surface area contributed by atoms with Crippen molar-refractivity contribution >= 4 is 39.4 Å². The normalized spacial score (nSPS) is 13.5. The molecule has 0 aliphatic heterocycles. The summed E-state index contributed by atoms with van der Waals surface area (Å²) >= 11 is 3.95. The third-order valence-electron chi connectivity index (χ3n) is 1.76. The second-order valence-corrected chi connectivity index (χ2v) is 5.53. The smallest absolute Gasteiger partial charge is 0.155 e. The van der Waals surface area contributed by atoms with Gasteiger partial charge in [-0.3, -0.25) is 0 Å². The van der Waals surface area contributed by atoms with Gasteiger partial charge in [-0.1, -0.05) is 13.3 Å². The van der Waals surface area contributed by atoms with Crippen molar-refractivity contribution in [1.29, 1.82) is 0 Å². The molecule has 0 aliphatic carbocycles. The number of sulfone groups is 1. The van der Waals surface area contributed by atoms with E-state index in [0.717, 1.165) is 6.42 Å².